The monoisotopic (exact) mass is 438 g/mol. The molecule has 6 rings (SSSR count). The third kappa shape index (κ3) is 3.66. The molecule has 0 atom stereocenters. The van der Waals surface area contributed by atoms with Gasteiger partial charge in [0.25, 0.3) is 0 Å². The Hall–Kier alpha value is -3.55. The molecule has 6 nitrogen and oxygen atoms in total. The highest BCUT2D eigenvalue weighted by Crippen LogP contribution is 2.32. The van der Waals surface area contributed by atoms with Gasteiger partial charge in [-0.15, -0.1) is 0 Å². The van der Waals surface area contributed by atoms with Crippen LogP contribution in [0.5, 0.6) is 0 Å². The smallest absolute Gasteiger partial charge is 0.189 e. The number of benzene rings is 2. The molecule has 4 heterocycles. The van der Waals surface area contributed by atoms with Gasteiger partial charge in [-0.25, -0.2) is 9.97 Å². The zero-order chi connectivity index (χ0) is 21.5. The Balaban J connectivity index is 1.19. The molecule has 158 valence electrons. The standard InChI is InChI=1S/C25H22N6S/c1-16-21(12-27-30-16)18-6-7-22-23(11-18)32-25(28-22)29-24-10-17(8-9-26-24)13-31-14-19-4-2-3-5-20(19)15-31/h2-12H,13-15H2,1H3,(H,27,30)(H,26,28,29). The van der Waals surface area contributed by atoms with Crippen LogP contribution in [0, 0.1) is 6.92 Å². The summed E-state index contributed by atoms with van der Waals surface area (Å²) in [5.41, 5.74) is 8.41. The Labute approximate surface area is 190 Å². The molecular weight excluding hydrogens is 416 g/mol. The number of thiazole rings is 1. The molecule has 0 saturated heterocycles. The van der Waals surface area contributed by atoms with E-state index in [1.807, 2.05) is 19.3 Å². The van der Waals surface area contributed by atoms with Crippen molar-refractivity contribution in [1.29, 1.82) is 0 Å². The zero-order valence-electron chi connectivity index (χ0n) is 17.7. The number of aromatic amines is 1. The first-order valence-electron chi connectivity index (χ1n) is 10.6. The third-order valence-electron chi connectivity index (χ3n) is 5.90. The highest BCUT2D eigenvalue weighted by Gasteiger charge is 2.18. The van der Waals surface area contributed by atoms with Gasteiger partial charge in [-0.2, -0.15) is 5.10 Å². The van der Waals surface area contributed by atoms with Crippen LogP contribution in [0.2, 0.25) is 0 Å². The minimum atomic E-state index is 0.823. The maximum atomic E-state index is 4.75. The van der Waals surface area contributed by atoms with Crippen molar-refractivity contribution in [3.05, 3.63) is 89.4 Å². The lowest BCUT2D eigenvalue weighted by Gasteiger charge is -2.15. The van der Waals surface area contributed by atoms with Gasteiger partial charge in [0.1, 0.15) is 5.82 Å². The summed E-state index contributed by atoms with van der Waals surface area (Å²) in [4.78, 5) is 11.7. The number of nitrogens with one attached hydrogen (secondary N) is 2. The molecule has 2 aromatic carbocycles. The van der Waals surface area contributed by atoms with Crippen LogP contribution in [-0.4, -0.2) is 25.1 Å². The first-order chi connectivity index (χ1) is 15.7. The van der Waals surface area contributed by atoms with Gasteiger partial charge in [-0.1, -0.05) is 41.7 Å². The number of rotatable bonds is 5. The van der Waals surface area contributed by atoms with Crippen molar-refractivity contribution in [3.8, 4) is 11.1 Å². The Morgan fingerprint density at radius 2 is 1.91 bits per heavy atom. The minimum Gasteiger partial charge on any atom is -0.316 e. The molecule has 32 heavy (non-hydrogen) atoms. The molecule has 0 amide bonds. The second kappa shape index (κ2) is 7.85. The first kappa shape index (κ1) is 19.2. The maximum Gasteiger partial charge on any atom is 0.189 e. The third-order valence-corrected chi connectivity index (χ3v) is 6.83. The molecule has 0 radical (unpaired) electrons. The van der Waals surface area contributed by atoms with E-state index in [9.17, 15) is 0 Å². The molecule has 1 aliphatic rings. The zero-order valence-corrected chi connectivity index (χ0v) is 18.5. The normalized spacial score (nSPS) is 13.5. The van der Waals surface area contributed by atoms with Gasteiger partial charge in [-0.05, 0) is 53.4 Å². The molecule has 2 N–H and O–H groups in total. The highest BCUT2D eigenvalue weighted by atomic mass is 32.1. The molecule has 0 bridgehead atoms. The number of aryl methyl sites for hydroxylation is 1. The van der Waals surface area contributed by atoms with E-state index in [1.165, 1.54) is 16.7 Å². The summed E-state index contributed by atoms with van der Waals surface area (Å²) < 4.78 is 1.14. The van der Waals surface area contributed by atoms with Crippen molar-refractivity contribution >= 4 is 32.5 Å². The number of H-pyrrole nitrogens is 1. The summed E-state index contributed by atoms with van der Waals surface area (Å²) in [6.07, 6.45) is 3.74. The van der Waals surface area contributed by atoms with Gasteiger partial charge in [0.15, 0.2) is 5.13 Å². The van der Waals surface area contributed by atoms with Gasteiger partial charge in [-0.3, -0.25) is 10.00 Å². The van der Waals surface area contributed by atoms with Crippen molar-refractivity contribution in [2.24, 2.45) is 0 Å². The van der Waals surface area contributed by atoms with E-state index in [0.29, 0.717) is 0 Å². The Morgan fingerprint density at radius 3 is 2.69 bits per heavy atom. The van der Waals surface area contributed by atoms with E-state index in [4.69, 9.17) is 4.98 Å². The first-order valence-corrected chi connectivity index (χ1v) is 11.4. The van der Waals surface area contributed by atoms with Crippen molar-refractivity contribution < 1.29 is 0 Å². The van der Waals surface area contributed by atoms with Crippen LogP contribution in [0.4, 0.5) is 10.9 Å². The van der Waals surface area contributed by atoms with Crippen LogP contribution < -0.4 is 5.32 Å². The summed E-state index contributed by atoms with van der Waals surface area (Å²) in [7, 11) is 0. The predicted octanol–water partition coefficient (Wildman–Crippen LogP) is 5.65. The number of anilines is 2. The van der Waals surface area contributed by atoms with Crippen LogP contribution in [0.25, 0.3) is 21.3 Å². The van der Waals surface area contributed by atoms with Crippen LogP contribution in [-0.2, 0) is 19.6 Å². The van der Waals surface area contributed by atoms with Crippen LogP contribution >= 0.6 is 11.3 Å². The molecular formula is C25H22N6S. The predicted molar refractivity (Wildman–Crippen MR) is 129 cm³/mol. The molecule has 3 aromatic heterocycles. The number of hydrogen-bond acceptors (Lipinski definition) is 6. The van der Waals surface area contributed by atoms with Gasteiger partial charge < -0.3 is 5.32 Å². The molecule has 0 fully saturated rings. The lowest BCUT2D eigenvalue weighted by Crippen LogP contribution is -2.15. The van der Waals surface area contributed by atoms with E-state index < -0.39 is 0 Å². The SMILES string of the molecule is Cc1[nH]ncc1-c1ccc2nc(Nc3cc(CN4Cc5ccccc5C4)ccn3)sc2c1. The molecule has 7 heteroatoms. The largest absolute Gasteiger partial charge is 0.316 e. The lowest BCUT2D eigenvalue weighted by atomic mass is 10.1. The average Bonchev–Trinajstić information content (AvgIpc) is 3.50. The second-order valence-electron chi connectivity index (χ2n) is 8.20. The lowest BCUT2D eigenvalue weighted by molar-refractivity contribution is 0.275. The number of pyridine rings is 1. The second-order valence-corrected chi connectivity index (χ2v) is 9.23. The molecule has 0 spiro atoms. The number of aromatic nitrogens is 4. The highest BCUT2D eigenvalue weighted by molar-refractivity contribution is 7.22. The molecule has 0 unspecified atom stereocenters. The van der Waals surface area contributed by atoms with Crippen molar-refractivity contribution in [3.63, 3.8) is 0 Å². The summed E-state index contributed by atoms with van der Waals surface area (Å²) in [5, 5.41) is 11.4. The Morgan fingerprint density at radius 1 is 1.06 bits per heavy atom. The van der Waals surface area contributed by atoms with Crippen molar-refractivity contribution in [2.45, 2.75) is 26.6 Å². The van der Waals surface area contributed by atoms with E-state index in [2.05, 4.69) is 80.0 Å². The maximum absolute atomic E-state index is 4.75. The fourth-order valence-electron chi connectivity index (χ4n) is 4.31. The van der Waals surface area contributed by atoms with Crippen LogP contribution in [0.1, 0.15) is 22.4 Å². The summed E-state index contributed by atoms with van der Waals surface area (Å²) in [6, 6.07) is 19.2. The molecule has 0 aliphatic carbocycles. The van der Waals surface area contributed by atoms with Crippen molar-refractivity contribution in [1.82, 2.24) is 25.1 Å². The van der Waals surface area contributed by atoms with Crippen LogP contribution in [0.3, 0.4) is 0 Å². The number of nitrogens with zero attached hydrogens (tertiary/aromatic N) is 4. The van der Waals surface area contributed by atoms with E-state index in [0.717, 1.165) is 57.6 Å². The van der Waals surface area contributed by atoms with Crippen LogP contribution in [0.15, 0.2) is 67.0 Å². The fraction of sp³-hybridized carbons (Fsp3) is 0.160. The van der Waals surface area contributed by atoms with E-state index in [1.54, 1.807) is 11.3 Å². The van der Waals surface area contributed by atoms with E-state index >= 15 is 0 Å². The fourth-order valence-corrected chi connectivity index (χ4v) is 5.22. The number of fused-ring (bicyclic) bond motifs is 2. The van der Waals surface area contributed by atoms with Crippen molar-refractivity contribution in [2.75, 3.05) is 5.32 Å². The quantitative estimate of drug-likeness (QED) is 0.371. The molecule has 1 aliphatic heterocycles. The van der Waals surface area contributed by atoms with Gasteiger partial charge in [0.05, 0.1) is 16.4 Å². The Bertz CT molecular complexity index is 1390. The van der Waals surface area contributed by atoms with E-state index in [-0.39, 0.29) is 0 Å². The van der Waals surface area contributed by atoms with Gasteiger partial charge >= 0.3 is 0 Å². The average molecular weight is 439 g/mol. The van der Waals surface area contributed by atoms with Gasteiger partial charge in [0, 0.05) is 37.1 Å². The number of hydrogen-bond donors (Lipinski definition) is 2. The summed E-state index contributed by atoms with van der Waals surface area (Å²) in [5.74, 6) is 0.823. The molecule has 5 aromatic rings. The molecule has 0 saturated carbocycles. The summed E-state index contributed by atoms with van der Waals surface area (Å²) in [6.45, 7) is 4.93. The minimum absolute atomic E-state index is 0.823. The van der Waals surface area contributed by atoms with Gasteiger partial charge in [0.2, 0.25) is 0 Å². The summed E-state index contributed by atoms with van der Waals surface area (Å²) >= 11 is 1.64. The Kier molecular flexibility index (Phi) is 4.70. The topological polar surface area (TPSA) is 69.7 Å².